The first-order valence-corrected chi connectivity index (χ1v) is 10.1. The summed E-state index contributed by atoms with van der Waals surface area (Å²) >= 11 is 0. The molecule has 0 fully saturated rings. The first kappa shape index (κ1) is 24.3. The van der Waals surface area contributed by atoms with E-state index in [1.165, 1.54) is 7.11 Å². The van der Waals surface area contributed by atoms with Gasteiger partial charge >= 0.3 is 0 Å². The Labute approximate surface area is 182 Å². The second kappa shape index (κ2) is 12.7. The van der Waals surface area contributed by atoms with Gasteiger partial charge in [0.15, 0.2) is 0 Å². The highest BCUT2D eigenvalue weighted by atomic mass is 16.7. The Bertz CT molecular complexity index is 823. The van der Waals surface area contributed by atoms with Crippen LogP contribution in [0.4, 0.5) is 0 Å². The number of benzene rings is 2. The van der Waals surface area contributed by atoms with Crippen LogP contribution in [0.3, 0.4) is 0 Å². The van der Waals surface area contributed by atoms with Gasteiger partial charge in [-0.3, -0.25) is 14.8 Å². The van der Waals surface area contributed by atoms with E-state index in [9.17, 15) is 9.59 Å². The maximum atomic E-state index is 12.7. The number of carbonyl (C=O) groups excluding carboxylic acids is 2. The van der Waals surface area contributed by atoms with E-state index in [0.717, 1.165) is 16.9 Å². The largest absolute Gasteiger partial charge is 0.494 e. The van der Waals surface area contributed by atoms with Crippen molar-refractivity contribution in [3.8, 4) is 16.9 Å². The van der Waals surface area contributed by atoms with Crippen molar-refractivity contribution in [2.75, 3.05) is 27.1 Å². The average molecular weight is 431 g/mol. The molecule has 2 rings (SSSR count). The van der Waals surface area contributed by atoms with E-state index in [1.54, 1.807) is 24.5 Å². The number of nitrogens with one attached hydrogen (secondary N) is 2. The average Bonchev–Trinajstić information content (AvgIpc) is 2.79. The van der Waals surface area contributed by atoms with Gasteiger partial charge in [-0.1, -0.05) is 31.2 Å². The highest BCUT2D eigenvalue weighted by molar-refractivity contribution is 5.95. The number of carbonyl (C=O) groups is 2. The molecule has 0 aliphatic rings. The molecule has 168 valence electrons. The molecule has 0 heterocycles. The predicted molar refractivity (Wildman–Crippen MR) is 116 cm³/mol. The molecule has 2 aromatic carbocycles. The Morgan fingerprint density at radius 3 is 2.19 bits per heavy atom. The number of hydrogen-bond donors (Lipinski definition) is 3. The molecule has 0 bridgehead atoms. The number of amides is 2. The summed E-state index contributed by atoms with van der Waals surface area (Å²) in [7, 11) is 1.50. The fourth-order valence-corrected chi connectivity index (χ4v) is 3.08. The number of ether oxygens (including phenoxy) is 3. The molecule has 2 atom stereocenters. The predicted octanol–water partition coefficient (Wildman–Crippen LogP) is 3.00. The van der Waals surface area contributed by atoms with Gasteiger partial charge in [-0.2, -0.15) is 0 Å². The summed E-state index contributed by atoms with van der Waals surface area (Å²) in [6, 6.07) is 14.6. The molecule has 31 heavy (non-hydrogen) atoms. The molecule has 0 aliphatic carbocycles. The first-order valence-electron chi connectivity index (χ1n) is 10.1. The second-order valence-electron chi connectivity index (χ2n) is 7.10. The Morgan fingerprint density at radius 2 is 1.65 bits per heavy atom. The van der Waals surface area contributed by atoms with Crippen LogP contribution in [0.25, 0.3) is 11.1 Å². The van der Waals surface area contributed by atoms with E-state index in [4.69, 9.17) is 19.4 Å². The molecule has 0 aromatic heterocycles. The van der Waals surface area contributed by atoms with Crippen molar-refractivity contribution in [3.05, 3.63) is 54.1 Å². The molecule has 0 aliphatic heterocycles. The highest BCUT2D eigenvalue weighted by Gasteiger charge is 2.21. The van der Waals surface area contributed by atoms with Crippen molar-refractivity contribution in [3.63, 3.8) is 0 Å². The van der Waals surface area contributed by atoms with E-state index in [-0.39, 0.29) is 19.3 Å². The highest BCUT2D eigenvalue weighted by Crippen LogP contribution is 2.23. The quantitative estimate of drug-likeness (QED) is 0.207. The molecule has 2 aromatic rings. The Kier molecular flexibility index (Phi) is 9.96. The number of methoxy groups -OCH3 is 1. The monoisotopic (exact) mass is 430 g/mol. The standard InChI is InChI=1S/C23H30N2O6/c1-4-31-21-11-9-18(10-12-21)17-5-7-19(8-6-17)23(27)24-20(14-30-15-29-3)13-16(2)22(26)25-28/h5-12,16,20,28H,4,13-15H2,1-3H3,(H,24,27)(H,25,26). The molecule has 2 unspecified atom stereocenters. The number of hydroxylamine groups is 1. The van der Waals surface area contributed by atoms with Crippen molar-refractivity contribution in [1.82, 2.24) is 10.8 Å². The normalized spacial score (nSPS) is 12.6. The smallest absolute Gasteiger partial charge is 0.251 e. The third-order valence-electron chi connectivity index (χ3n) is 4.70. The molecule has 0 radical (unpaired) electrons. The minimum Gasteiger partial charge on any atom is -0.494 e. The molecule has 8 nitrogen and oxygen atoms in total. The van der Waals surface area contributed by atoms with E-state index in [1.807, 2.05) is 43.3 Å². The maximum Gasteiger partial charge on any atom is 0.251 e. The third kappa shape index (κ3) is 7.67. The third-order valence-corrected chi connectivity index (χ3v) is 4.70. The fraction of sp³-hybridized carbons (Fsp3) is 0.391. The van der Waals surface area contributed by atoms with E-state index >= 15 is 0 Å². The zero-order chi connectivity index (χ0) is 22.6. The van der Waals surface area contributed by atoms with Gasteiger partial charge < -0.3 is 19.5 Å². The Balaban J connectivity index is 2.04. The summed E-state index contributed by atoms with van der Waals surface area (Å²) in [5.74, 6) is -0.497. The molecule has 0 saturated heterocycles. The lowest BCUT2D eigenvalue weighted by Gasteiger charge is -2.21. The molecule has 8 heteroatoms. The topological polar surface area (TPSA) is 106 Å². The molecule has 0 spiro atoms. The van der Waals surface area contributed by atoms with Crippen molar-refractivity contribution in [2.45, 2.75) is 26.3 Å². The van der Waals surface area contributed by atoms with E-state index < -0.39 is 17.9 Å². The van der Waals surface area contributed by atoms with Gasteiger partial charge in [-0.05, 0) is 48.7 Å². The Morgan fingerprint density at radius 1 is 1.03 bits per heavy atom. The van der Waals surface area contributed by atoms with Crippen LogP contribution in [0.1, 0.15) is 30.6 Å². The first-order chi connectivity index (χ1) is 15.0. The maximum absolute atomic E-state index is 12.7. The van der Waals surface area contributed by atoms with Crippen LogP contribution in [0, 0.1) is 5.92 Å². The van der Waals surface area contributed by atoms with Crippen molar-refractivity contribution >= 4 is 11.8 Å². The SMILES string of the molecule is CCOc1ccc(-c2ccc(C(=O)NC(COCOC)CC(C)C(=O)NO)cc2)cc1. The van der Waals surface area contributed by atoms with Crippen molar-refractivity contribution in [1.29, 1.82) is 0 Å². The van der Waals surface area contributed by atoms with Crippen LogP contribution in [-0.2, 0) is 14.3 Å². The number of rotatable bonds is 12. The van der Waals surface area contributed by atoms with Gasteiger partial charge in [0, 0.05) is 18.6 Å². The zero-order valence-electron chi connectivity index (χ0n) is 18.1. The fourth-order valence-electron chi connectivity index (χ4n) is 3.08. The summed E-state index contributed by atoms with van der Waals surface area (Å²) in [5, 5.41) is 11.7. The van der Waals surface area contributed by atoms with Crippen LogP contribution in [0.5, 0.6) is 5.75 Å². The number of hydrogen-bond acceptors (Lipinski definition) is 6. The summed E-state index contributed by atoms with van der Waals surface area (Å²) in [5.41, 5.74) is 4.12. The molecule has 0 saturated carbocycles. The summed E-state index contributed by atoms with van der Waals surface area (Å²) in [6.45, 7) is 4.46. The van der Waals surface area contributed by atoms with Crippen molar-refractivity contribution < 1.29 is 29.0 Å². The minimum absolute atomic E-state index is 0.0731. The zero-order valence-corrected chi connectivity index (χ0v) is 18.1. The molecular formula is C23H30N2O6. The van der Waals surface area contributed by atoms with Crippen LogP contribution in [0.15, 0.2) is 48.5 Å². The minimum atomic E-state index is -0.523. The second-order valence-corrected chi connectivity index (χ2v) is 7.10. The lowest BCUT2D eigenvalue weighted by Crippen LogP contribution is -2.41. The van der Waals surface area contributed by atoms with Gasteiger partial charge in [-0.25, -0.2) is 5.48 Å². The van der Waals surface area contributed by atoms with E-state index in [0.29, 0.717) is 18.6 Å². The molecular weight excluding hydrogens is 400 g/mol. The summed E-state index contributed by atoms with van der Waals surface area (Å²) in [6.07, 6.45) is 0.298. The van der Waals surface area contributed by atoms with Crippen LogP contribution in [-0.4, -0.2) is 50.2 Å². The van der Waals surface area contributed by atoms with Crippen LogP contribution in [0.2, 0.25) is 0 Å². The van der Waals surface area contributed by atoms with Gasteiger partial charge in [0.1, 0.15) is 12.5 Å². The molecule has 2 amide bonds. The van der Waals surface area contributed by atoms with E-state index in [2.05, 4.69) is 5.32 Å². The van der Waals surface area contributed by atoms with Gasteiger partial charge in [0.05, 0.1) is 19.3 Å². The van der Waals surface area contributed by atoms with Crippen molar-refractivity contribution in [2.24, 2.45) is 5.92 Å². The van der Waals surface area contributed by atoms with Gasteiger partial charge in [0.2, 0.25) is 5.91 Å². The Hall–Kier alpha value is -2.94. The van der Waals surface area contributed by atoms with Gasteiger partial charge in [0.25, 0.3) is 5.91 Å². The van der Waals surface area contributed by atoms with Gasteiger partial charge in [-0.15, -0.1) is 0 Å². The van der Waals surface area contributed by atoms with Crippen LogP contribution < -0.4 is 15.5 Å². The summed E-state index contributed by atoms with van der Waals surface area (Å²) in [4.78, 5) is 24.3. The lowest BCUT2D eigenvalue weighted by atomic mass is 10.0. The molecule has 3 N–H and O–H groups in total. The van der Waals surface area contributed by atoms with Crippen LogP contribution >= 0.6 is 0 Å². The summed E-state index contributed by atoms with van der Waals surface area (Å²) < 4.78 is 15.7. The lowest BCUT2D eigenvalue weighted by molar-refractivity contribution is -0.133.